The molecule has 3 rings (SSSR count). The van der Waals surface area contributed by atoms with Gasteiger partial charge in [-0.25, -0.2) is 0 Å². The zero-order chi connectivity index (χ0) is 22.4. The molecule has 2 aromatic rings. The molecule has 1 aliphatic rings. The molecule has 1 saturated heterocycles. The standard InChI is InChI=1S/C21H25N3O6S/c1-28-16-10-15(11-17(29-2)18(16)30-3)20(26)23-22-19(25)13-4-7-24(8-5-13)21(27)14-6-9-31-12-14/h6,9-13H,4-5,7-8H2,1-3H3,(H,22,25)(H,23,26). The number of hydrogen-bond acceptors (Lipinski definition) is 7. The van der Waals surface area contributed by atoms with Crippen molar-refractivity contribution in [2.24, 2.45) is 5.92 Å². The average molecular weight is 448 g/mol. The normalized spacial score (nSPS) is 14.0. The highest BCUT2D eigenvalue weighted by molar-refractivity contribution is 7.08. The van der Waals surface area contributed by atoms with Gasteiger partial charge in [0.2, 0.25) is 11.7 Å². The predicted octanol–water partition coefficient (Wildman–Crippen LogP) is 2.09. The highest BCUT2D eigenvalue weighted by Gasteiger charge is 2.28. The average Bonchev–Trinajstić information content (AvgIpc) is 3.35. The van der Waals surface area contributed by atoms with Gasteiger partial charge in [-0.05, 0) is 36.4 Å². The van der Waals surface area contributed by atoms with Crippen molar-refractivity contribution in [2.45, 2.75) is 12.8 Å². The fourth-order valence-electron chi connectivity index (χ4n) is 3.42. The molecule has 31 heavy (non-hydrogen) atoms. The van der Waals surface area contributed by atoms with Crippen LogP contribution in [0, 0.1) is 5.92 Å². The lowest BCUT2D eigenvalue weighted by molar-refractivity contribution is -0.127. The summed E-state index contributed by atoms with van der Waals surface area (Å²) in [7, 11) is 4.38. The zero-order valence-electron chi connectivity index (χ0n) is 17.6. The molecule has 10 heteroatoms. The molecule has 0 spiro atoms. The molecule has 1 aliphatic heterocycles. The number of likely N-dealkylation sites (tertiary alicyclic amines) is 1. The second-order valence-electron chi connectivity index (χ2n) is 6.94. The van der Waals surface area contributed by atoms with Crippen LogP contribution in [0.1, 0.15) is 33.6 Å². The first-order valence-electron chi connectivity index (χ1n) is 9.70. The van der Waals surface area contributed by atoms with Crippen molar-refractivity contribution in [3.05, 3.63) is 40.1 Å². The molecule has 1 fully saturated rings. The van der Waals surface area contributed by atoms with Crippen molar-refractivity contribution in [2.75, 3.05) is 34.4 Å². The molecular weight excluding hydrogens is 422 g/mol. The number of nitrogens with zero attached hydrogens (tertiary/aromatic N) is 1. The number of benzene rings is 1. The second-order valence-corrected chi connectivity index (χ2v) is 7.72. The molecule has 0 saturated carbocycles. The van der Waals surface area contributed by atoms with Crippen LogP contribution in [0.3, 0.4) is 0 Å². The van der Waals surface area contributed by atoms with E-state index in [2.05, 4.69) is 10.9 Å². The van der Waals surface area contributed by atoms with E-state index < -0.39 is 5.91 Å². The van der Waals surface area contributed by atoms with Gasteiger partial charge in [0, 0.05) is 30.0 Å². The number of thiophene rings is 1. The van der Waals surface area contributed by atoms with Crippen LogP contribution in [0.4, 0.5) is 0 Å². The topological polar surface area (TPSA) is 106 Å². The molecule has 3 amide bonds. The number of hydrogen-bond donors (Lipinski definition) is 2. The number of ether oxygens (including phenoxy) is 3. The fourth-order valence-corrected chi connectivity index (χ4v) is 4.05. The quantitative estimate of drug-likeness (QED) is 0.657. The Kier molecular flexibility index (Phi) is 7.35. The van der Waals surface area contributed by atoms with E-state index in [1.54, 1.807) is 11.0 Å². The number of rotatable bonds is 6. The number of methoxy groups -OCH3 is 3. The Morgan fingerprint density at radius 2 is 1.61 bits per heavy atom. The SMILES string of the molecule is COc1cc(C(=O)NNC(=O)C2CCN(C(=O)c3ccsc3)CC2)cc(OC)c1OC. The summed E-state index contributed by atoms with van der Waals surface area (Å²) in [5.41, 5.74) is 5.81. The molecule has 0 radical (unpaired) electrons. The molecule has 2 heterocycles. The van der Waals surface area contributed by atoms with Crippen LogP contribution < -0.4 is 25.1 Å². The minimum Gasteiger partial charge on any atom is -0.493 e. The largest absolute Gasteiger partial charge is 0.493 e. The summed E-state index contributed by atoms with van der Waals surface area (Å²) in [5, 5.41) is 3.68. The Labute approximate surface area is 184 Å². The van der Waals surface area contributed by atoms with Crippen molar-refractivity contribution in [3.8, 4) is 17.2 Å². The first kappa shape index (κ1) is 22.4. The van der Waals surface area contributed by atoms with E-state index in [1.807, 2.05) is 10.8 Å². The summed E-state index contributed by atoms with van der Waals surface area (Å²) < 4.78 is 15.7. The number of hydrazine groups is 1. The van der Waals surface area contributed by atoms with Crippen molar-refractivity contribution in [1.29, 1.82) is 0 Å². The number of nitrogens with one attached hydrogen (secondary N) is 2. The lowest BCUT2D eigenvalue weighted by Gasteiger charge is -2.31. The van der Waals surface area contributed by atoms with Gasteiger partial charge >= 0.3 is 0 Å². The number of amides is 3. The van der Waals surface area contributed by atoms with Crippen LogP contribution in [-0.4, -0.2) is 57.0 Å². The van der Waals surface area contributed by atoms with Gasteiger partial charge in [0.15, 0.2) is 11.5 Å². The van der Waals surface area contributed by atoms with Gasteiger partial charge in [-0.2, -0.15) is 11.3 Å². The number of piperidine rings is 1. The first-order chi connectivity index (χ1) is 15.0. The number of carbonyl (C=O) groups is 3. The molecule has 1 aromatic carbocycles. The molecule has 166 valence electrons. The maximum atomic E-state index is 12.5. The Hall–Kier alpha value is -3.27. The lowest BCUT2D eigenvalue weighted by Crippen LogP contribution is -2.48. The van der Waals surface area contributed by atoms with Gasteiger partial charge in [0.25, 0.3) is 11.8 Å². The Balaban J connectivity index is 1.54. The molecule has 9 nitrogen and oxygen atoms in total. The summed E-state index contributed by atoms with van der Waals surface area (Å²) in [6, 6.07) is 4.79. The predicted molar refractivity (Wildman–Crippen MR) is 115 cm³/mol. The second kappa shape index (κ2) is 10.2. The zero-order valence-corrected chi connectivity index (χ0v) is 18.4. The van der Waals surface area contributed by atoms with Gasteiger partial charge in [0.05, 0.1) is 26.9 Å². The Morgan fingerprint density at radius 3 is 2.13 bits per heavy atom. The van der Waals surface area contributed by atoms with Crippen LogP contribution in [0.15, 0.2) is 29.0 Å². The molecule has 0 aliphatic carbocycles. The maximum Gasteiger partial charge on any atom is 0.269 e. The van der Waals surface area contributed by atoms with Crippen LogP contribution in [0.2, 0.25) is 0 Å². The highest BCUT2D eigenvalue weighted by atomic mass is 32.1. The third-order valence-electron chi connectivity index (χ3n) is 5.15. The van der Waals surface area contributed by atoms with Crippen LogP contribution in [-0.2, 0) is 4.79 Å². The van der Waals surface area contributed by atoms with E-state index >= 15 is 0 Å². The smallest absolute Gasteiger partial charge is 0.269 e. The Morgan fingerprint density at radius 1 is 0.968 bits per heavy atom. The van der Waals surface area contributed by atoms with Crippen molar-refractivity contribution in [3.63, 3.8) is 0 Å². The lowest BCUT2D eigenvalue weighted by atomic mass is 9.96. The monoisotopic (exact) mass is 447 g/mol. The van der Waals surface area contributed by atoms with E-state index in [0.717, 1.165) is 0 Å². The molecule has 0 unspecified atom stereocenters. The molecule has 2 N–H and O–H groups in total. The van der Waals surface area contributed by atoms with Gasteiger partial charge in [0.1, 0.15) is 0 Å². The highest BCUT2D eigenvalue weighted by Crippen LogP contribution is 2.38. The van der Waals surface area contributed by atoms with Crippen LogP contribution in [0.5, 0.6) is 17.2 Å². The molecular formula is C21H25N3O6S. The minimum absolute atomic E-state index is 0.0178. The third-order valence-corrected chi connectivity index (χ3v) is 5.83. The summed E-state index contributed by atoms with van der Waals surface area (Å²) in [6.07, 6.45) is 1.06. The summed E-state index contributed by atoms with van der Waals surface area (Å²) in [4.78, 5) is 39.2. The molecule has 0 atom stereocenters. The Bertz CT molecular complexity index is 914. The van der Waals surface area contributed by atoms with Crippen molar-refractivity contribution in [1.82, 2.24) is 15.8 Å². The molecule has 1 aromatic heterocycles. The minimum atomic E-state index is -0.516. The van der Waals surface area contributed by atoms with E-state index in [-0.39, 0.29) is 23.3 Å². The van der Waals surface area contributed by atoms with Gasteiger partial charge in [-0.1, -0.05) is 0 Å². The van der Waals surface area contributed by atoms with Crippen molar-refractivity contribution < 1.29 is 28.6 Å². The summed E-state index contributed by atoms with van der Waals surface area (Å²) in [5.74, 6) is -0.0694. The maximum absolute atomic E-state index is 12.5. The van der Waals surface area contributed by atoms with E-state index in [4.69, 9.17) is 14.2 Å². The number of carbonyl (C=O) groups excluding carboxylic acids is 3. The van der Waals surface area contributed by atoms with E-state index in [9.17, 15) is 14.4 Å². The first-order valence-corrected chi connectivity index (χ1v) is 10.6. The fraction of sp³-hybridized carbons (Fsp3) is 0.381. The summed E-state index contributed by atoms with van der Waals surface area (Å²) >= 11 is 1.48. The van der Waals surface area contributed by atoms with Crippen LogP contribution >= 0.6 is 11.3 Å². The van der Waals surface area contributed by atoms with E-state index in [1.165, 1.54) is 44.8 Å². The summed E-state index contributed by atoms with van der Waals surface area (Å²) in [6.45, 7) is 0.987. The molecule has 0 bridgehead atoms. The van der Waals surface area contributed by atoms with Crippen LogP contribution in [0.25, 0.3) is 0 Å². The van der Waals surface area contributed by atoms with Gasteiger partial charge in [-0.3, -0.25) is 25.2 Å². The van der Waals surface area contributed by atoms with Crippen molar-refractivity contribution >= 4 is 29.1 Å². The van der Waals surface area contributed by atoms with Gasteiger partial charge in [-0.15, -0.1) is 0 Å². The third kappa shape index (κ3) is 5.08. The van der Waals surface area contributed by atoms with E-state index in [0.29, 0.717) is 48.7 Å². The van der Waals surface area contributed by atoms with Gasteiger partial charge < -0.3 is 19.1 Å².